The minimum Gasteiger partial charge on any atom is -0.342 e. The smallest absolute Gasteiger partial charge is 0.288 e. The zero-order valence-electron chi connectivity index (χ0n) is 13.7. The van der Waals surface area contributed by atoms with Gasteiger partial charge in [0.1, 0.15) is 0 Å². The van der Waals surface area contributed by atoms with Gasteiger partial charge in [-0.05, 0) is 19.9 Å². The van der Waals surface area contributed by atoms with Gasteiger partial charge in [0.2, 0.25) is 17.7 Å². The number of aryl methyl sites for hydroxylation is 2. The molecule has 2 atom stereocenters. The number of nitrogens with one attached hydrogen (secondary N) is 1. The van der Waals surface area contributed by atoms with Crippen molar-refractivity contribution in [1.29, 1.82) is 0 Å². The van der Waals surface area contributed by atoms with Crippen LogP contribution in [0.25, 0.3) is 0 Å². The van der Waals surface area contributed by atoms with Crippen molar-refractivity contribution in [1.82, 2.24) is 19.9 Å². The molecule has 0 amide bonds. The first-order chi connectivity index (χ1) is 11.5. The highest BCUT2D eigenvalue weighted by atomic mass is 19.1. The van der Waals surface area contributed by atoms with Gasteiger partial charge in [0.05, 0.1) is 5.69 Å². The predicted octanol–water partition coefficient (Wildman–Crippen LogP) is 0.888. The van der Waals surface area contributed by atoms with E-state index in [-0.39, 0.29) is 5.69 Å². The van der Waals surface area contributed by atoms with Crippen molar-refractivity contribution in [3.05, 3.63) is 39.8 Å². The standard InChI is InChI=1S/C16H19FN6O/c1-9-3-4-18-15(19-9)22-5-11-7-23(8-12(11)6-22)16-20-10(2)13(17)14(24)21-16/h3-4,11-12H,5-8H2,1-2H3,(H,20,21,24). The van der Waals surface area contributed by atoms with Gasteiger partial charge in [-0.25, -0.2) is 15.0 Å². The van der Waals surface area contributed by atoms with E-state index < -0.39 is 11.4 Å². The zero-order valence-corrected chi connectivity index (χ0v) is 13.7. The van der Waals surface area contributed by atoms with Gasteiger partial charge in [-0.3, -0.25) is 9.78 Å². The number of aromatic amines is 1. The third-order valence-corrected chi connectivity index (χ3v) is 4.87. The average molecular weight is 330 g/mol. The number of halogens is 1. The molecule has 126 valence electrons. The normalized spacial score (nSPS) is 23.0. The minimum atomic E-state index is -0.805. The Morgan fingerprint density at radius 1 is 1.12 bits per heavy atom. The summed E-state index contributed by atoms with van der Waals surface area (Å²) in [7, 11) is 0. The summed E-state index contributed by atoms with van der Waals surface area (Å²) < 4.78 is 13.5. The SMILES string of the molecule is Cc1ccnc(N2CC3CN(c4nc(C)c(F)c(=O)[nH]4)CC3C2)n1. The molecule has 2 unspecified atom stereocenters. The number of hydrogen-bond donors (Lipinski definition) is 1. The maximum atomic E-state index is 13.5. The topological polar surface area (TPSA) is 78.0 Å². The van der Waals surface area contributed by atoms with Crippen molar-refractivity contribution in [3.8, 4) is 0 Å². The Balaban J connectivity index is 1.49. The van der Waals surface area contributed by atoms with E-state index in [4.69, 9.17) is 0 Å². The number of rotatable bonds is 2. The van der Waals surface area contributed by atoms with Crippen LogP contribution in [0.5, 0.6) is 0 Å². The van der Waals surface area contributed by atoms with Crippen molar-refractivity contribution >= 4 is 11.9 Å². The third-order valence-electron chi connectivity index (χ3n) is 4.87. The molecule has 0 saturated carbocycles. The van der Waals surface area contributed by atoms with Crippen LogP contribution in [-0.4, -0.2) is 46.1 Å². The average Bonchev–Trinajstić information content (AvgIpc) is 3.11. The molecule has 24 heavy (non-hydrogen) atoms. The molecule has 1 N–H and O–H groups in total. The van der Waals surface area contributed by atoms with E-state index in [1.54, 1.807) is 6.20 Å². The fourth-order valence-corrected chi connectivity index (χ4v) is 3.62. The highest BCUT2D eigenvalue weighted by Crippen LogP contribution is 2.33. The monoisotopic (exact) mass is 330 g/mol. The van der Waals surface area contributed by atoms with E-state index >= 15 is 0 Å². The van der Waals surface area contributed by atoms with Crippen molar-refractivity contribution in [2.24, 2.45) is 11.8 Å². The van der Waals surface area contributed by atoms with E-state index in [2.05, 4.69) is 24.8 Å². The second-order valence-corrected chi connectivity index (χ2v) is 6.62. The molecule has 2 fully saturated rings. The van der Waals surface area contributed by atoms with Crippen LogP contribution in [0.4, 0.5) is 16.3 Å². The van der Waals surface area contributed by atoms with Crippen molar-refractivity contribution < 1.29 is 4.39 Å². The van der Waals surface area contributed by atoms with Crippen LogP contribution in [0.2, 0.25) is 0 Å². The van der Waals surface area contributed by atoms with Gasteiger partial charge in [0, 0.05) is 49.9 Å². The molecule has 2 aromatic rings. The van der Waals surface area contributed by atoms with Gasteiger partial charge in [-0.2, -0.15) is 4.39 Å². The Kier molecular flexibility index (Phi) is 3.47. The Morgan fingerprint density at radius 3 is 2.42 bits per heavy atom. The third kappa shape index (κ3) is 2.51. The molecule has 0 aliphatic carbocycles. The molecule has 0 aromatic carbocycles. The second-order valence-electron chi connectivity index (χ2n) is 6.62. The molecule has 2 saturated heterocycles. The molecule has 0 radical (unpaired) electrons. The quantitative estimate of drug-likeness (QED) is 0.881. The predicted molar refractivity (Wildman–Crippen MR) is 87.7 cm³/mol. The number of hydrogen-bond acceptors (Lipinski definition) is 6. The lowest BCUT2D eigenvalue weighted by molar-refractivity contribution is 0.533. The first kappa shape index (κ1) is 15.0. The molecular weight excluding hydrogens is 311 g/mol. The van der Waals surface area contributed by atoms with Crippen molar-refractivity contribution in [2.75, 3.05) is 36.0 Å². The molecule has 7 nitrogen and oxygen atoms in total. The molecule has 0 bridgehead atoms. The largest absolute Gasteiger partial charge is 0.342 e. The van der Waals surface area contributed by atoms with Gasteiger partial charge in [-0.1, -0.05) is 0 Å². The lowest BCUT2D eigenvalue weighted by atomic mass is 10.0. The summed E-state index contributed by atoms with van der Waals surface area (Å²) >= 11 is 0. The second kappa shape index (κ2) is 5.54. The number of H-pyrrole nitrogens is 1. The Bertz CT molecular complexity index is 824. The molecule has 4 rings (SSSR count). The first-order valence-corrected chi connectivity index (χ1v) is 8.07. The highest BCUT2D eigenvalue weighted by molar-refractivity contribution is 5.38. The van der Waals surface area contributed by atoms with Gasteiger partial charge >= 0.3 is 0 Å². The van der Waals surface area contributed by atoms with Gasteiger partial charge in [0.25, 0.3) is 5.56 Å². The van der Waals surface area contributed by atoms with Crippen LogP contribution >= 0.6 is 0 Å². The summed E-state index contributed by atoms with van der Waals surface area (Å²) in [5.74, 6) is 1.36. The number of anilines is 2. The van der Waals surface area contributed by atoms with Crippen LogP contribution in [0.15, 0.2) is 17.1 Å². The van der Waals surface area contributed by atoms with E-state index in [0.29, 0.717) is 17.8 Å². The minimum absolute atomic E-state index is 0.139. The van der Waals surface area contributed by atoms with Crippen LogP contribution in [-0.2, 0) is 0 Å². The van der Waals surface area contributed by atoms with Crippen LogP contribution in [0.1, 0.15) is 11.4 Å². The number of nitrogens with zero attached hydrogens (tertiary/aromatic N) is 5. The summed E-state index contributed by atoms with van der Waals surface area (Å²) in [6.45, 7) is 6.83. The summed E-state index contributed by atoms with van der Waals surface area (Å²) in [4.78, 5) is 31.4. The Morgan fingerprint density at radius 2 is 1.79 bits per heavy atom. The Hall–Kier alpha value is -2.51. The summed E-state index contributed by atoms with van der Waals surface area (Å²) in [5.41, 5.74) is 0.396. The molecular formula is C16H19FN6O. The van der Waals surface area contributed by atoms with E-state index in [1.807, 2.05) is 17.9 Å². The van der Waals surface area contributed by atoms with E-state index in [1.165, 1.54) is 6.92 Å². The van der Waals surface area contributed by atoms with Crippen LogP contribution < -0.4 is 15.4 Å². The number of fused-ring (bicyclic) bond motifs is 1. The summed E-state index contributed by atoms with van der Waals surface area (Å²) in [6, 6.07) is 1.89. The summed E-state index contributed by atoms with van der Waals surface area (Å²) in [6.07, 6.45) is 1.79. The molecule has 2 aliphatic rings. The Labute approximate surface area is 138 Å². The molecule has 8 heteroatoms. The first-order valence-electron chi connectivity index (χ1n) is 8.07. The fourth-order valence-electron chi connectivity index (χ4n) is 3.62. The lowest BCUT2D eigenvalue weighted by Crippen LogP contribution is -2.32. The van der Waals surface area contributed by atoms with Gasteiger partial charge in [0.15, 0.2) is 0 Å². The zero-order chi connectivity index (χ0) is 16.8. The van der Waals surface area contributed by atoms with Crippen molar-refractivity contribution in [2.45, 2.75) is 13.8 Å². The maximum absolute atomic E-state index is 13.5. The highest BCUT2D eigenvalue weighted by Gasteiger charge is 2.41. The van der Waals surface area contributed by atoms with E-state index in [9.17, 15) is 9.18 Å². The molecule has 2 aromatic heterocycles. The van der Waals surface area contributed by atoms with Crippen LogP contribution in [0, 0.1) is 31.5 Å². The van der Waals surface area contributed by atoms with E-state index in [0.717, 1.165) is 37.8 Å². The van der Waals surface area contributed by atoms with Gasteiger partial charge < -0.3 is 9.80 Å². The van der Waals surface area contributed by atoms with Crippen molar-refractivity contribution in [3.63, 3.8) is 0 Å². The lowest BCUT2D eigenvalue weighted by Gasteiger charge is -2.22. The van der Waals surface area contributed by atoms with Gasteiger partial charge in [-0.15, -0.1) is 0 Å². The molecule has 4 heterocycles. The summed E-state index contributed by atoms with van der Waals surface area (Å²) in [5, 5.41) is 0. The molecule has 0 spiro atoms. The fraction of sp³-hybridized carbons (Fsp3) is 0.500. The maximum Gasteiger partial charge on any atom is 0.288 e. The molecule has 2 aliphatic heterocycles. The van der Waals surface area contributed by atoms with Crippen LogP contribution in [0.3, 0.4) is 0 Å². The number of aromatic nitrogens is 4.